The van der Waals surface area contributed by atoms with Gasteiger partial charge in [-0.3, -0.25) is 9.11 Å². The van der Waals surface area contributed by atoms with Crippen molar-refractivity contribution in [2.45, 2.75) is 46.8 Å². The average Bonchev–Trinajstić information content (AvgIpc) is 3.48. The topological polar surface area (TPSA) is 229 Å². The molecular formula is C35H56N4O14S3. The number of aryl methyl sites for hydroxylation is 1. The Morgan fingerprint density at radius 1 is 0.732 bits per heavy atom. The number of esters is 2. The quantitative estimate of drug-likeness (QED) is 0.0469. The summed E-state index contributed by atoms with van der Waals surface area (Å²) in [7, 11) is -8.58. The largest absolute Gasteiger partial charge is 0.462 e. The molecule has 0 spiro atoms. The van der Waals surface area contributed by atoms with Gasteiger partial charge >= 0.3 is 11.9 Å². The fourth-order valence-electron chi connectivity index (χ4n) is 5.16. The summed E-state index contributed by atoms with van der Waals surface area (Å²) in [5.74, 6) is -3.05. The van der Waals surface area contributed by atoms with Gasteiger partial charge in [0.2, 0.25) is 0 Å². The monoisotopic (exact) mass is 852 g/mol. The van der Waals surface area contributed by atoms with Crippen molar-refractivity contribution in [1.82, 2.24) is 4.90 Å². The third-order valence-electron chi connectivity index (χ3n) is 7.93. The highest BCUT2D eigenvalue weighted by molar-refractivity contribution is 7.85. The van der Waals surface area contributed by atoms with Crippen molar-refractivity contribution in [1.29, 1.82) is 0 Å². The molecular weight excluding hydrogens is 797 g/mol. The van der Waals surface area contributed by atoms with E-state index in [0.29, 0.717) is 91.1 Å². The van der Waals surface area contributed by atoms with E-state index in [1.807, 2.05) is 32.9 Å². The minimum absolute atomic E-state index is 0.000133. The van der Waals surface area contributed by atoms with Crippen LogP contribution in [0.3, 0.4) is 0 Å². The predicted molar refractivity (Wildman–Crippen MR) is 211 cm³/mol. The number of nitrogens with zero attached hydrogens (tertiary/aromatic N) is 4. The molecule has 2 aromatic rings. The Labute approximate surface area is 333 Å². The molecule has 0 amide bonds. The first kappa shape index (κ1) is 49.0. The SMILES string of the molecule is CCOC(=O)c1sc(N=Nc2ccc(N(CC)CCOCCOCCOCCOCCN(CC)CCCS(=O)(=O)O)cc2C)c(C(=O)OCC)c1CS(=O)(=O)O. The molecule has 0 saturated heterocycles. The van der Waals surface area contributed by atoms with E-state index in [0.717, 1.165) is 29.1 Å². The van der Waals surface area contributed by atoms with Crippen LogP contribution < -0.4 is 4.90 Å². The number of ether oxygens (including phenoxy) is 6. The molecule has 21 heteroatoms. The predicted octanol–water partition coefficient (Wildman–Crippen LogP) is 4.71. The van der Waals surface area contributed by atoms with E-state index in [9.17, 15) is 31.0 Å². The maximum absolute atomic E-state index is 12.9. The van der Waals surface area contributed by atoms with Gasteiger partial charge in [0.1, 0.15) is 16.2 Å². The van der Waals surface area contributed by atoms with Gasteiger partial charge < -0.3 is 38.2 Å². The van der Waals surface area contributed by atoms with Crippen LogP contribution in [0.5, 0.6) is 0 Å². The first-order chi connectivity index (χ1) is 26.6. The first-order valence-corrected chi connectivity index (χ1v) is 22.4. The molecule has 1 heterocycles. The lowest BCUT2D eigenvalue weighted by Crippen LogP contribution is -2.30. The van der Waals surface area contributed by atoms with E-state index in [4.69, 9.17) is 33.0 Å². The normalized spacial score (nSPS) is 12.1. The van der Waals surface area contributed by atoms with Crippen molar-refractivity contribution in [2.75, 3.05) is 109 Å². The van der Waals surface area contributed by atoms with E-state index < -0.39 is 37.9 Å². The minimum atomic E-state index is -4.64. The van der Waals surface area contributed by atoms with Gasteiger partial charge in [0.05, 0.1) is 77.5 Å². The maximum Gasteiger partial charge on any atom is 0.348 e. The van der Waals surface area contributed by atoms with Crippen molar-refractivity contribution in [2.24, 2.45) is 10.2 Å². The molecule has 1 aromatic carbocycles. The molecule has 18 nitrogen and oxygen atoms in total. The molecule has 0 saturated carbocycles. The van der Waals surface area contributed by atoms with Crippen LogP contribution in [-0.2, 0) is 54.4 Å². The van der Waals surface area contributed by atoms with Gasteiger partial charge in [-0.05, 0) is 71.0 Å². The Morgan fingerprint density at radius 2 is 1.30 bits per heavy atom. The zero-order valence-corrected chi connectivity index (χ0v) is 35.2. The molecule has 318 valence electrons. The molecule has 2 N–H and O–H groups in total. The molecule has 0 unspecified atom stereocenters. The van der Waals surface area contributed by atoms with Crippen molar-refractivity contribution in [3.63, 3.8) is 0 Å². The highest BCUT2D eigenvalue weighted by Gasteiger charge is 2.31. The second kappa shape index (κ2) is 26.0. The summed E-state index contributed by atoms with van der Waals surface area (Å²) < 4.78 is 96.3. The Morgan fingerprint density at radius 3 is 1.82 bits per heavy atom. The third kappa shape index (κ3) is 18.9. The van der Waals surface area contributed by atoms with Gasteiger partial charge in [-0.25, -0.2) is 9.59 Å². The Hall–Kier alpha value is -3.12. The molecule has 56 heavy (non-hydrogen) atoms. The van der Waals surface area contributed by atoms with E-state index in [-0.39, 0.29) is 40.0 Å². The van der Waals surface area contributed by atoms with Crippen LogP contribution in [0.1, 0.15) is 65.3 Å². The summed E-state index contributed by atoms with van der Waals surface area (Å²) in [6.07, 6.45) is 0.365. The second-order valence-corrected chi connectivity index (χ2v) is 16.1. The number of thiophene rings is 1. The van der Waals surface area contributed by atoms with Crippen molar-refractivity contribution in [3.05, 3.63) is 39.8 Å². The lowest BCUT2D eigenvalue weighted by molar-refractivity contribution is -0.00310. The van der Waals surface area contributed by atoms with Crippen LogP contribution in [0.25, 0.3) is 0 Å². The van der Waals surface area contributed by atoms with Crippen LogP contribution in [-0.4, -0.2) is 147 Å². The van der Waals surface area contributed by atoms with Crippen LogP contribution >= 0.6 is 11.3 Å². The molecule has 0 bridgehead atoms. The third-order valence-corrected chi connectivity index (χ3v) is 10.5. The summed E-state index contributed by atoms with van der Waals surface area (Å²) in [6, 6.07) is 5.55. The lowest BCUT2D eigenvalue weighted by atomic mass is 10.1. The number of benzene rings is 1. The van der Waals surface area contributed by atoms with Crippen molar-refractivity contribution >= 4 is 59.9 Å². The number of carbonyl (C=O) groups is 2. The minimum Gasteiger partial charge on any atom is -0.462 e. The zero-order chi connectivity index (χ0) is 41.6. The summed E-state index contributed by atoms with van der Waals surface area (Å²) >= 11 is 0.721. The molecule has 0 fully saturated rings. The molecule has 0 radical (unpaired) electrons. The van der Waals surface area contributed by atoms with Gasteiger partial charge in [-0.15, -0.1) is 21.6 Å². The standard InChI is InChI=1S/C35H56N4O14S3/c1-6-38(13-10-24-55(42,43)44)14-16-48-18-20-50-22-23-51-21-19-49-17-15-39(7-2)28-11-12-30(27(5)25-28)36-37-33-31(34(40)52-8-3)29(26-56(45,46)47)32(54-33)35(41)53-9-4/h11-12,25H,6-10,13-24,26H2,1-5H3,(H,42,43,44)(H,45,46,47). The van der Waals surface area contributed by atoms with Gasteiger partial charge in [0, 0.05) is 30.9 Å². The molecule has 1 aromatic heterocycles. The highest BCUT2D eigenvalue weighted by Crippen LogP contribution is 2.39. The van der Waals surface area contributed by atoms with Crippen molar-refractivity contribution in [3.8, 4) is 0 Å². The summed E-state index contributed by atoms with van der Waals surface area (Å²) in [5, 5.41) is 8.43. The molecule has 2 rings (SSSR count). The van der Waals surface area contributed by atoms with Crippen LogP contribution in [0.2, 0.25) is 0 Å². The Bertz CT molecular complexity index is 1750. The van der Waals surface area contributed by atoms with Gasteiger partial charge in [0.15, 0.2) is 5.00 Å². The van der Waals surface area contributed by atoms with E-state index in [2.05, 4.69) is 20.0 Å². The Kier molecular flexibility index (Phi) is 22.8. The fourth-order valence-corrected chi connectivity index (χ4v) is 7.43. The average molecular weight is 853 g/mol. The number of hydrogen-bond donors (Lipinski definition) is 2. The molecule has 0 aliphatic heterocycles. The molecule has 0 aliphatic rings. The van der Waals surface area contributed by atoms with Crippen LogP contribution in [0.4, 0.5) is 16.4 Å². The van der Waals surface area contributed by atoms with Gasteiger partial charge in [-0.1, -0.05) is 6.92 Å². The summed E-state index contributed by atoms with van der Waals surface area (Å²) in [4.78, 5) is 29.5. The number of likely N-dealkylation sites (N-methyl/N-ethyl adjacent to an activating group) is 2. The van der Waals surface area contributed by atoms with Gasteiger partial charge in [-0.2, -0.15) is 16.8 Å². The van der Waals surface area contributed by atoms with Crippen LogP contribution in [0, 0.1) is 6.92 Å². The number of azo groups is 1. The van der Waals surface area contributed by atoms with E-state index >= 15 is 0 Å². The summed E-state index contributed by atoms with van der Waals surface area (Å²) in [5.41, 5.74) is 1.61. The fraction of sp³-hybridized carbons (Fsp3) is 0.657. The van der Waals surface area contributed by atoms with Crippen LogP contribution in [0.15, 0.2) is 28.4 Å². The Balaban J connectivity index is 1.80. The smallest absolute Gasteiger partial charge is 0.348 e. The first-order valence-electron chi connectivity index (χ1n) is 18.3. The van der Waals surface area contributed by atoms with E-state index in [1.165, 1.54) is 0 Å². The number of anilines is 1. The van der Waals surface area contributed by atoms with Crippen molar-refractivity contribution < 1.29 is 64.0 Å². The second-order valence-electron chi connectivity index (χ2n) is 12.0. The molecule has 0 atom stereocenters. The van der Waals surface area contributed by atoms with Gasteiger partial charge in [0.25, 0.3) is 20.2 Å². The van der Waals surface area contributed by atoms with E-state index in [1.54, 1.807) is 19.9 Å². The highest BCUT2D eigenvalue weighted by atomic mass is 32.2. The maximum atomic E-state index is 12.9. The number of carbonyl (C=O) groups excluding carboxylic acids is 2. The molecule has 0 aliphatic carbocycles. The number of hydrogen-bond acceptors (Lipinski definition) is 17. The zero-order valence-electron chi connectivity index (χ0n) is 32.8. The number of rotatable bonds is 30. The summed E-state index contributed by atoms with van der Waals surface area (Å²) in [6.45, 7) is 15.7. The lowest BCUT2D eigenvalue weighted by Gasteiger charge is -2.23.